The summed E-state index contributed by atoms with van der Waals surface area (Å²) in [6, 6.07) is 8.07. The lowest BCUT2D eigenvalue weighted by Gasteiger charge is -2.40. The van der Waals surface area contributed by atoms with Crippen LogP contribution < -0.4 is 14.8 Å². The number of anilines is 1. The van der Waals surface area contributed by atoms with Crippen LogP contribution in [0.15, 0.2) is 48.5 Å². The van der Waals surface area contributed by atoms with E-state index in [1.165, 1.54) is 43.5 Å². The molecule has 2 aromatic carbocycles. The van der Waals surface area contributed by atoms with Crippen LogP contribution in [-0.4, -0.2) is 97.3 Å². The summed E-state index contributed by atoms with van der Waals surface area (Å²) in [6.07, 6.45) is -8.89. The van der Waals surface area contributed by atoms with E-state index in [1.54, 1.807) is 6.92 Å². The predicted octanol–water partition coefficient (Wildman–Crippen LogP) is 7.38. The average molecular weight is 735 g/mol. The Morgan fingerprint density at radius 3 is 1.90 bits per heavy atom. The maximum absolute atomic E-state index is 14.8. The number of hydrogen-bond donors (Lipinski definition) is 2. The van der Waals surface area contributed by atoms with Crippen LogP contribution in [0.25, 0.3) is 0 Å². The number of halogens is 13. The van der Waals surface area contributed by atoms with E-state index in [1.807, 2.05) is 5.32 Å². The van der Waals surface area contributed by atoms with Gasteiger partial charge in [0, 0.05) is 24.8 Å². The van der Waals surface area contributed by atoms with Crippen molar-refractivity contribution in [2.75, 3.05) is 38.7 Å². The Labute approximate surface area is 268 Å². The lowest BCUT2D eigenvalue weighted by atomic mass is 9.93. The number of hydrogen-bond acceptors (Lipinski definition) is 5. The molecule has 0 saturated carbocycles. The fourth-order valence-corrected chi connectivity index (χ4v) is 3.93. The lowest BCUT2D eigenvalue weighted by Crippen LogP contribution is -2.71. The van der Waals surface area contributed by atoms with Crippen LogP contribution in [0.2, 0.25) is 0 Å². The quantitative estimate of drug-likeness (QED) is 0.165. The van der Waals surface area contributed by atoms with Gasteiger partial charge in [0.2, 0.25) is 0 Å². The number of carboxylic acids is 1. The molecular weight excluding hydrogens is 707 g/mol. The van der Waals surface area contributed by atoms with Gasteiger partial charge in [0.1, 0.15) is 18.1 Å². The number of benzene rings is 2. The molecule has 0 aromatic heterocycles. The molecule has 0 aliphatic rings. The van der Waals surface area contributed by atoms with Crippen LogP contribution in [0.5, 0.6) is 11.5 Å². The van der Waals surface area contributed by atoms with Crippen molar-refractivity contribution in [2.24, 2.45) is 0 Å². The smallest absolute Gasteiger partial charge is 0.460 e. The second-order valence-corrected chi connectivity index (χ2v) is 10.1. The van der Waals surface area contributed by atoms with Crippen LogP contribution in [0.1, 0.15) is 12.5 Å². The van der Waals surface area contributed by atoms with Crippen molar-refractivity contribution in [3.63, 3.8) is 0 Å². The molecule has 1 unspecified atom stereocenters. The summed E-state index contributed by atoms with van der Waals surface area (Å²) in [5, 5.41) is 11.1. The van der Waals surface area contributed by atoms with Crippen LogP contribution in [0, 0.1) is 0 Å². The first-order valence-electron chi connectivity index (χ1n) is 13.6. The number of rotatable bonds is 17. The fraction of sp³-hybridized carbons (Fsp3) is 0.500. The van der Waals surface area contributed by atoms with Gasteiger partial charge >= 0.3 is 47.8 Å². The van der Waals surface area contributed by atoms with E-state index in [4.69, 9.17) is 14.2 Å². The Kier molecular flexibility index (Phi) is 12.7. The number of amides is 2. The van der Waals surface area contributed by atoms with Crippen molar-refractivity contribution in [1.82, 2.24) is 4.90 Å². The number of carbonyl (C=O) groups excluding carboxylic acids is 1. The van der Waals surface area contributed by atoms with Crippen molar-refractivity contribution in [2.45, 2.75) is 55.2 Å². The minimum atomic E-state index is -8.10. The standard InChI is InChI=1S/C28H27F13N2O6/c1-3-48-20(21(44)45)13-16-7-9-18(10-8-16)49-12-11-43(22(46)42-17-5-4-6-19(14-17)47-2)15-23(29,30)24(31,32)25(33,34)26(35,36)27(37,38)28(39,40)41/h4-10,14,20H,3,11-13,15H2,1-2H3,(H,42,46)(H,44,45). The third kappa shape index (κ3) is 8.90. The lowest BCUT2D eigenvalue weighted by molar-refractivity contribution is -0.439. The number of nitrogens with one attached hydrogen (secondary N) is 1. The molecule has 21 heteroatoms. The van der Waals surface area contributed by atoms with Gasteiger partial charge in [-0.3, -0.25) is 0 Å². The van der Waals surface area contributed by atoms with Gasteiger partial charge in [0.25, 0.3) is 0 Å². The Morgan fingerprint density at radius 1 is 0.816 bits per heavy atom. The third-order valence-electron chi connectivity index (χ3n) is 6.61. The molecule has 0 fully saturated rings. The fourth-order valence-electron chi connectivity index (χ4n) is 3.93. The molecule has 8 nitrogen and oxygen atoms in total. The summed E-state index contributed by atoms with van der Waals surface area (Å²) in [6.45, 7) is -3.41. The van der Waals surface area contributed by atoms with Gasteiger partial charge in [-0.15, -0.1) is 0 Å². The van der Waals surface area contributed by atoms with Crippen molar-refractivity contribution in [3.8, 4) is 11.5 Å². The Balaban J connectivity index is 2.36. The number of alkyl halides is 13. The van der Waals surface area contributed by atoms with Gasteiger partial charge in [-0.2, -0.15) is 57.1 Å². The highest BCUT2D eigenvalue weighted by Gasteiger charge is 2.90. The zero-order valence-corrected chi connectivity index (χ0v) is 25.1. The van der Waals surface area contributed by atoms with E-state index >= 15 is 0 Å². The molecule has 2 aromatic rings. The highest BCUT2D eigenvalue weighted by Crippen LogP contribution is 2.60. The van der Waals surface area contributed by atoms with E-state index in [0.29, 0.717) is 5.56 Å². The number of aliphatic carboxylic acids is 1. The van der Waals surface area contributed by atoms with Crippen LogP contribution in [0.4, 0.5) is 67.6 Å². The first-order chi connectivity index (χ1) is 22.4. The molecular formula is C28H27F13N2O6. The van der Waals surface area contributed by atoms with Crippen molar-refractivity contribution in [1.29, 1.82) is 0 Å². The predicted molar refractivity (Wildman–Crippen MR) is 143 cm³/mol. The minimum absolute atomic E-state index is 0.0522. The molecule has 1 atom stereocenters. The zero-order valence-electron chi connectivity index (χ0n) is 25.1. The molecule has 0 spiro atoms. The molecule has 0 heterocycles. The maximum atomic E-state index is 14.8. The van der Waals surface area contributed by atoms with Gasteiger partial charge in [-0.25, -0.2) is 9.59 Å². The summed E-state index contributed by atoms with van der Waals surface area (Å²) in [7, 11) is 1.17. The van der Waals surface area contributed by atoms with E-state index in [2.05, 4.69) is 0 Å². The van der Waals surface area contributed by atoms with Gasteiger partial charge in [0.05, 0.1) is 20.2 Å². The normalized spacial score (nSPS) is 13.9. The second kappa shape index (κ2) is 15.2. The number of carboxylic acid groups (broad SMARTS) is 1. The van der Waals surface area contributed by atoms with Crippen LogP contribution in [-0.2, 0) is 16.0 Å². The van der Waals surface area contributed by atoms with E-state index in [9.17, 15) is 71.8 Å². The number of carbonyl (C=O) groups is 2. The molecule has 2 amide bonds. The Morgan fingerprint density at radius 2 is 1.39 bits per heavy atom. The second-order valence-electron chi connectivity index (χ2n) is 10.1. The monoisotopic (exact) mass is 734 g/mol. The molecule has 276 valence electrons. The molecule has 49 heavy (non-hydrogen) atoms. The van der Waals surface area contributed by atoms with Crippen molar-refractivity contribution < 1.29 is 86.0 Å². The molecule has 0 bridgehead atoms. The van der Waals surface area contributed by atoms with Gasteiger partial charge in [-0.05, 0) is 36.8 Å². The van der Waals surface area contributed by atoms with Crippen LogP contribution >= 0.6 is 0 Å². The van der Waals surface area contributed by atoms with Crippen molar-refractivity contribution in [3.05, 3.63) is 54.1 Å². The summed E-state index contributed by atoms with van der Waals surface area (Å²) >= 11 is 0. The summed E-state index contributed by atoms with van der Waals surface area (Å²) in [4.78, 5) is 23.7. The zero-order chi connectivity index (χ0) is 37.6. The number of urea groups is 1. The third-order valence-corrected chi connectivity index (χ3v) is 6.61. The molecule has 0 radical (unpaired) electrons. The minimum Gasteiger partial charge on any atom is -0.497 e. The number of ether oxygens (including phenoxy) is 3. The van der Waals surface area contributed by atoms with Gasteiger partial charge in [0.15, 0.2) is 6.10 Å². The summed E-state index contributed by atoms with van der Waals surface area (Å²) < 4.78 is 193. The van der Waals surface area contributed by atoms with Crippen molar-refractivity contribution >= 4 is 17.7 Å². The summed E-state index contributed by atoms with van der Waals surface area (Å²) in [5.74, 6) is -39.5. The molecule has 0 aliphatic heterocycles. The van der Waals surface area contributed by atoms with E-state index in [-0.39, 0.29) is 35.1 Å². The Hall–Kier alpha value is -4.17. The molecule has 0 aliphatic carbocycles. The van der Waals surface area contributed by atoms with Gasteiger partial charge in [-0.1, -0.05) is 18.2 Å². The molecule has 2 rings (SSSR count). The SMILES string of the molecule is CCOC(Cc1ccc(OCCN(CC(F)(F)C(F)(F)C(F)(F)C(F)(F)C(F)(F)C(F)(F)F)C(=O)Nc2cccc(OC)c2)cc1)C(=O)O. The van der Waals surface area contributed by atoms with Crippen LogP contribution in [0.3, 0.4) is 0 Å². The number of methoxy groups -OCH3 is 1. The highest BCUT2D eigenvalue weighted by molar-refractivity contribution is 5.89. The summed E-state index contributed by atoms with van der Waals surface area (Å²) in [5.41, 5.74) is 0.137. The molecule has 0 saturated heterocycles. The Bertz CT molecular complexity index is 1420. The van der Waals surface area contributed by atoms with Gasteiger partial charge < -0.3 is 29.5 Å². The maximum Gasteiger partial charge on any atom is 0.460 e. The average Bonchev–Trinajstić information content (AvgIpc) is 3.00. The van der Waals surface area contributed by atoms with E-state index in [0.717, 1.165) is 12.1 Å². The highest BCUT2D eigenvalue weighted by atomic mass is 19.4. The first-order valence-corrected chi connectivity index (χ1v) is 13.6. The largest absolute Gasteiger partial charge is 0.497 e. The molecule has 2 N–H and O–H groups in total. The first kappa shape index (κ1) is 41.0. The topological polar surface area (TPSA) is 97.3 Å². The number of nitrogens with zero attached hydrogens (tertiary/aromatic N) is 1. The van der Waals surface area contributed by atoms with E-state index < -0.39 is 73.6 Å².